The molecule has 0 amide bonds. The monoisotopic (exact) mass is 802 g/mol. The number of aromatic nitrogens is 4. The molecule has 0 atom stereocenters. The van der Waals surface area contributed by atoms with Gasteiger partial charge < -0.3 is 4.40 Å². The first-order valence-electron chi connectivity index (χ1n) is 19.8. The molecule has 0 saturated heterocycles. The summed E-state index contributed by atoms with van der Waals surface area (Å²) in [5.74, 6) is 0.690. The molecule has 7 heteroatoms. The number of hydrogen-bond donors (Lipinski definition) is 0. The fourth-order valence-electron chi connectivity index (χ4n) is 10.4. The number of thiophene rings is 3. The highest BCUT2D eigenvalue weighted by Crippen LogP contribution is 2.50. The van der Waals surface area contributed by atoms with Gasteiger partial charge in [0.25, 0.3) is 0 Å². The van der Waals surface area contributed by atoms with Crippen LogP contribution < -0.4 is 0 Å². The van der Waals surface area contributed by atoms with Crippen molar-refractivity contribution in [1.82, 2.24) is 18.9 Å². The Morgan fingerprint density at radius 2 is 1.02 bits per heavy atom. The van der Waals surface area contributed by atoms with Crippen LogP contribution in [0.2, 0.25) is 0 Å². The third-order valence-electron chi connectivity index (χ3n) is 12.7. The molecule has 15 rings (SSSR count). The Kier molecular flexibility index (Phi) is 5.79. The second-order valence-electron chi connectivity index (χ2n) is 15.6. The Morgan fingerprint density at radius 3 is 1.93 bits per heavy atom. The fourth-order valence-corrected chi connectivity index (χ4v) is 13.7. The molecule has 0 saturated carbocycles. The van der Waals surface area contributed by atoms with E-state index in [9.17, 15) is 0 Å². The highest BCUT2D eigenvalue weighted by atomic mass is 32.1. The van der Waals surface area contributed by atoms with E-state index in [1.54, 1.807) is 11.3 Å². The van der Waals surface area contributed by atoms with Gasteiger partial charge >= 0.3 is 0 Å². The van der Waals surface area contributed by atoms with Crippen LogP contribution in [0.25, 0.3) is 138 Å². The van der Waals surface area contributed by atoms with E-state index >= 15 is 0 Å². The molecule has 0 N–H and O–H groups in total. The predicted octanol–water partition coefficient (Wildman–Crippen LogP) is 15.4. The van der Waals surface area contributed by atoms with E-state index in [0.29, 0.717) is 5.95 Å². The minimum Gasteiger partial charge on any atom is -0.308 e. The van der Waals surface area contributed by atoms with Gasteiger partial charge in [-0.25, -0.2) is 9.97 Å². The van der Waals surface area contributed by atoms with Crippen molar-refractivity contribution >= 4 is 144 Å². The van der Waals surface area contributed by atoms with Gasteiger partial charge in [-0.05, 0) is 71.8 Å². The van der Waals surface area contributed by atoms with Crippen LogP contribution in [-0.2, 0) is 0 Å². The lowest BCUT2D eigenvalue weighted by Crippen LogP contribution is -2.03. The number of benzene rings is 8. The van der Waals surface area contributed by atoms with Crippen molar-refractivity contribution in [2.45, 2.75) is 0 Å². The zero-order valence-corrected chi connectivity index (χ0v) is 33.5. The molecule has 4 nitrogen and oxygen atoms in total. The average molecular weight is 803 g/mol. The van der Waals surface area contributed by atoms with Crippen LogP contribution >= 0.6 is 34.0 Å². The quantitative estimate of drug-likeness (QED) is 0.178. The van der Waals surface area contributed by atoms with Crippen molar-refractivity contribution in [3.8, 4) is 28.3 Å². The topological polar surface area (TPSA) is 35.1 Å². The molecular formula is C52H26N4S3. The van der Waals surface area contributed by atoms with E-state index in [4.69, 9.17) is 9.97 Å². The minimum absolute atomic E-state index is 0.690. The normalized spacial score (nSPS) is 12.7. The van der Waals surface area contributed by atoms with Crippen LogP contribution in [0, 0.1) is 0 Å². The minimum atomic E-state index is 0.690. The maximum absolute atomic E-state index is 5.68. The smallest absolute Gasteiger partial charge is 0.236 e. The van der Waals surface area contributed by atoms with E-state index < -0.39 is 0 Å². The standard InChI is InChI=1S/C52H26N4S3/c1-4-16-34-30(12-1)31-22-24-42-48-47-41(58-42)25-23-37-46(47)45-35(55(34)50(31)48)17-9-18-36(45)56(37)52-53-49(44-33-14-3-6-20-39(33)59-51(44)54-52)28-11-7-10-27(26-28)29-15-8-21-40-43(29)32-13-2-5-19-38(32)57-40/h1-26H. The lowest BCUT2D eigenvalue weighted by Gasteiger charge is -2.12. The van der Waals surface area contributed by atoms with Crippen molar-refractivity contribution in [3.05, 3.63) is 158 Å². The highest BCUT2D eigenvalue weighted by Gasteiger charge is 2.27. The summed E-state index contributed by atoms with van der Waals surface area (Å²) in [5, 5.41) is 12.7. The molecular weight excluding hydrogens is 777 g/mol. The van der Waals surface area contributed by atoms with Crippen LogP contribution in [0.4, 0.5) is 0 Å². The summed E-state index contributed by atoms with van der Waals surface area (Å²) in [4.78, 5) is 12.2. The number of hydrogen-bond acceptors (Lipinski definition) is 5. The number of para-hydroxylation sites is 1. The molecule has 0 aliphatic carbocycles. The fraction of sp³-hybridized carbons (Fsp3) is 0. The van der Waals surface area contributed by atoms with E-state index in [1.165, 1.54) is 99.7 Å². The molecule has 7 heterocycles. The zero-order valence-electron chi connectivity index (χ0n) is 31.0. The van der Waals surface area contributed by atoms with Gasteiger partial charge in [0, 0.05) is 82.9 Å². The highest BCUT2D eigenvalue weighted by molar-refractivity contribution is 7.26. The molecule has 7 aromatic heterocycles. The largest absolute Gasteiger partial charge is 0.308 e. The van der Waals surface area contributed by atoms with Crippen molar-refractivity contribution in [3.63, 3.8) is 0 Å². The van der Waals surface area contributed by atoms with Crippen molar-refractivity contribution in [2.75, 3.05) is 0 Å². The molecule has 0 unspecified atom stereocenters. The molecule has 272 valence electrons. The van der Waals surface area contributed by atoms with E-state index in [-0.39, 0.29) is 0 Å². The van der Waals surface area contributed by atoms with Crippen LogP contribution in [0.5, 0.6) is 0 Å². The van der Waals surface area contributed by atoms with Crippen LogP contribution in [0.1, 0.15) is 0 Å². The average Bonchev–Trinajstić information content (AvgIpc) is 4.08. The Labute approximate surface area is 346 Å². The summed E-state index contributed by atoms with van der Waals surface area (Å²) < 4.78 is 11.3. The number of nitrogens with zero attached hydrogens (tertiary/aromatic N) is 4. The molecule has 0 spiro atoms. The maximum atomic E-state index is 5.68. The van der Waals surface area contributed by atoms with Gasteiger partial charge in [0.15, 0.2) is 0 Å². The summed E-state index contributed by atoms with van der Waals surface area (Å²) in [6.45, 7) is 0. The SMILES string of the molecule is c1cc(-c2cccc3sc4ccccc4c23)cc(-c2nc(-n3c4ccc5sc6ccc7c8ccccc8n8c9cccc3c9c4c5c6c78)nc3sc4ccccc4c23)c1. The summed E-state index contributed by atoms with van der Waals surface area (Å²) in [6, 6.07) is 58.1. The Bertz CT molecular complexity index is 4270. The molecule has 59 heavy (non-hydrogen) atoms. The van der Waals surface area contributed by atoms with Crippen molar-refractivity contribution < 1.29 is 0 Å². The summed E-state index contributed by atoms with van der Waals surface area (Å²) in [6.07, 6.45) is 0. The second kappa shape index (κ2) is 11.0. The molecule has 0 bridgehead atoms. The summed E-state index contributed by atoms with van der Waals surface area (Å²) in [5.41, 5.74) is 10.4. The lowest BCUT2D eigenvalue weighted by molar-refractivity contribution is 1.02. The van der Waals surface area contributed by atoms with Gasteiger partial charge in [-0.3, -0.25) is 4.57 Å². The van der Waals surface area contributed by atoms with Gasteiger partial charge in [0.05, 0.1) is 33.3 Å². The third-order valence-corrected chi connectivity index (χ3v) is 16.0. The van der Waals surface area contributed by atoms with Crippen LogP contribution in [0.3, 0.4) is 0 Å². The van der Waals surface area contributed by atoms with Crippen molar-refractivity contribution in [1.29, 1.82) is 0 Å². The van der Waals surface area contributed by atoms with Gasteiger partial charge in [-0.15, -0.1) is 34.0 Å². The number of fused-ring (bicyclic) bond motifs is 10. The Hall–Kier alpha value is -6.90. The van der Waals surface area contributed by atoms with Gasteiger partial charge in [-0.2, -0.15) is 0 Å². The Balaban J connectivity index is 1.06. The van der Waals surface area contributed by atoms with E-state index in [2.05, 4.69) is 167 Å². The molecule has 0 aliphatic heterocycles. The molecule has 0 radical (unpaired) electrons. The summed E-state index contributed by atoms with van der Waals surface area (Å²) >= 11 is 5.50. The molecule has 0 fully saturated rings. The second-order valence-corrected chi connectivity index (χ2v) is 18.8. The first kappa shape index (κ1) is 31.1. The third kappa shape index (κ3) is 3.88. The predicted molar refractivity (Wildman–Crippen MR) is 254 cm³/mol. The van der Waals surface area contributed by atoms with Crippen LogP contribution in [-0.4, -0.2) is 18.9 Å². The van der Waals surface area contributed by atoms with E-state index in [1.807, 2.05) is 22.7 Å². The maximum Gasteiger partial charge on any atom is 0.236 e. The first-order chi connectivity index (χ1) is 29.3. The van der Waals surface area contributed by atoms with Crippen molar-refractivity contribution in [2.24, 2.45) is 0 Å². The van der Waals surface area contributed by atoms with Gasteiger partial charge in [-0.1, -0.05) is 97.1 Å². The molecule has 8 aromatic carbocycles. The Morgan fingerprint density at radius 1 is 0.373 bits per heavy atom. The van der Waals surface area contributed by atoms with E-state index in [0.717, 1.165) is 32.5 Å². The molecule has 15 aromatic rings. The van der Waals surface area contributed by atoms with Gasteiger partial charge in [0.1, 0.15) is 4.83 Å². The van der Waals surface area contributed by atoms with Gasteiger partial charge in [0.2, 0.25) is 5.95 Å². The summed E-state index contributed by atoms with van der Waals surface area (Å²) in [7, 11) is 0. The zero-order chi connectivity index (χ0) is 38.1. The first-order valence-corrected chi connectivity index (χ1v) is 22.3. The van der Waals surface area contributed by atoms with Crippen LogP contribution in [0.15, 0.2) is 158 Å². The molecule has 0 aliphatic rings. The number of rotatable bonds is 3. The lowest BCUT2D eigenvalue weighted by atomic mass is 9.96.